The Kier molecular flexibility index (Phi) is 6.47. The van der Waals surface area contributed by atoms with E-state index < -0.39 is 33.8 Å². The number of hydrogen-bond donors (Lipinski definition) is 3. The fourth-order valence-electron chi connectivity index (χ4n) is 3.85. The second-order valence-electron chi connectivity index (χ2n) is 8.01. The molecular weight excluding hydrogens is 458 g/mol. The molecule has 0 spiro atoms. The van der Waals surface area contributed by atoms with Gasteiger partial charge in [-0.05, 0) is 43.2 Å². The predicted molar refractivity (Wildman–Crippen MR) is 124 cm³/mol. The number of carbonyl (C=O) groups excluding carboxylic acids is 1. The Hall–Kier alpha value is -3.97. The average Bonchev–Trinajstić information content (AvgIpc) is 2.84. The maximum absolute atomic E-state index is 12.8. The number of benzene rings is 2. The number of aromatic hydroxyl groups is 1. The van der Waals surface area contributed by atoms with Crippen LogP contribution < -0.4 is 10.1 Å². The van der Waals surface area contributed by atoms with Crippen LogP contribution in [0.5, 0.6) is 17.2 Å². The largest absolute Gasteiger partial charge is 0.505 e. The lowest BCUT2D eigenvalue weighted by molar-refractivity contribution is -0.149. The van der Waals surface area contributed by atoms with E-state index in [2.05, 4.69) is 10.3 Å². The molecule has 0 atom stereocenters. The minimum absolute atomic E-state index is 0.0857. The second-order valence-corrected chi connectivity index (χ2v) is 9.70. The van der Waals surface area contributed by atoms with Crippen LogP contribution in [0.2, 0.25) is 0 Å². The van der Waals surface area contributed by atoms with Crippen molar-refractivity contribution in [1.82, 2.24) is 10.3 Å². The summed E-state index contributed by atoms with van der Waals surface area (Å²) in [5, 5.41) is 33.1. The molecule has 34 heavy (non-hydrogen) atoms. The normalized spacial score (nSPS) is 19.8. The summed E-state index contributed by atoms with van der Waals surface area (Å²) >= 11 is 0. The fraction of sp³-hybridized carbons (Fsp3) is 0.250. The van der Waals surface area contributed by atoms with Gasteiger partial charge >= 0.3 is 5.97 Å². The molecule has 3 N–H and O–H groups in total. The van der Waals surface area contributed by atoms with Crippen LogP contribution in [0.25, 0.3) is 10.8 Å². The third kappa shape index (κ3) is 4.56. The van der Waals surface area contributed by atoms with Crippen LogP contribution >= 0.6 is 0 Å². The zero-order valence-corrected chi connectivity index (χ0v) is 18.8. The van der Waals surface area contributed by atoms with Gasteiger partial charge in [0.1, 0.15) is 23.3 Å². The minimum Gasteiger partial charge on any atom is -0.505 e. The highest BCUT2D eigenvalue weighted by Gasteiger charge is 2.42. The van der Waals surface area contributed by atoms with E-state index in [0.29, 0.717) is 16.9 Å². The van der Waals surface area contributed by atoms with Gasteiger partial charge in [-0.2, -0.15) is 5.26 Å². The second kappa shape index (κ2) is 9.49. The standard InChI is InChI=1S/C24H21N3O6S/c25-13-19-18-12-16(33-15-4-2-1-3-5-15)6-7-17(18)21(28)20(27-19)22(29)26-14-24(23(30)31)8-10-34(32)11-9-24/h1-7,12,28H,8-11,14H2,(H,26,29)(H,30,31). The Morgan fingerprint density at radius 2 is 1.82 bits per heavy atom. The number of pyridine rings is 1. The van der Waals surface area contributed by atoms with Crippen LogP contribution in [0.15, 0.2) is 48.5 Å². The molecule has 10 heteroatoms. The number of fused-ring (bicyclic) bond motifs is 1. The summed E-state index contributed by atoms with van der Waals surface area (Å²) in [7, 11) is -1.07. The van der Waals surface area contributed by atoms with Crippen molar-refractivity contribution in [3.8, 4) is 23.3 Å². The minimum atomic E-state index is -1.24. The summed E-state index contributed by atoms with van der Waals surface area (Å²) in [5.74, 6) is -0.802. The van der Waals surface area contributed by atoms with Crippen molar-refractivity contribution < 1.29 is 28.7 Å². The number of amides is 1. The number of carboxylic acids is 1. The van der Waals surface area contributed by atoms with Gasteiger partial charge in [-0.1, -0.05) is 18.2 Å². The lowest BCUT2D eigenvalue weighted by Crippen LogP contribution is -2.47. The number of hydrogen-bond acceptors (Lipinski definition) is 7. The van der Waals surface area contributed by atoms with E-state index in [-0.39, 0.29) is 47.7 Å². The summed E-state index contributed by atoms with van der Waals surface area (Å²) < 4.78 is 17.4. The van der Waals surface area contributed by atoms with Crippen LogP contribution in [-0.2, 0) is 15.6 Å². The molecule has 1 fully saturated rings. The van der Waals surface area contributed by atoms with Crippen LogP contribution in [0.4, 0.5) is 0 Å². The Morgan fingerprint density at radius 3 is 2.47 bits per heavy atom. The van der Waals surface area contributed by atoms with Crippen LogP contribution in [0, 0.1) is 16.7 Å². The lowest BCUT2D eigenvalue weighted by Gasteiger charge is -2.32. The van der Waals surface area contributed by atoms with E-state index in [1.807, 2.05) is 24.3 Å². The van der Waals surface area contributed by atoms with Gasteiger partial charge in [0.2, 0.25) is 0 Å². The number of ether oxygens (including phenoxy) is 1. The molecule has 1 aliphatic heterocycles. The SMILES string of the molecule is N#Cc1nc(C(=O)NCC2(C(=O)O)CCS(=O)CC2)c(O)c2ccc(Oc3ccccc3)cc12. The monoisotopic (exact) mass is 479 g/mol. The first-order valence-corrected chi connectivity index (χ1v) is 12.0. The molecule has 0 aliphatic carbocycles. The molecule has 0 saturated carbocycles. The maximum Gasteiger partial charge on any atom is 0.311 e. The Labute approximate surface area is 197 Å². The molecule has 4 rings (SSSR count). The van der Waals surface area contributed by atoms with E-state index in [0.717, 1.165) is 0 Å². The zero-order valence-electron chi connectivity index (χ0n) is 18.0. The molecule has 0 unspecified atom stereocenters. The number of nitrogens with zero attached hydrogens (tertiary/aromatic N) is 2. The van der Waals surface area contributed by atoms with E-state index >= 15 is 0 Å². The number of carbonyl (C=O) groups is 2. The molecule has 0 bridgehead atoms. The molecular formula is C24H21N3O6S. The fourth-order valence-corrected chi connectivity index (χ4v) is 5.30. The number of nitrogens with one attached hydrogen (secondary N) is 1. The molecule has 3 aromatic rings. The molecule has 2 aromatic carbocycles. The van der Waals surface area contributed by atoms with Crippen molar-refractivity contribution in [2.24, 2.45) is 5.41 Å². The van der Waals surface area contributed by atoms with Crippen molar-refractivity contribution in [1.29, 1.82) is 5.26 Å². The van der Waals surface area contributed by atoms with E-state index in [1.165, 1.54) is 6.07 Å². The topological polar surface area (TPSA) is 150 Å². The van der Waals surface area contributed by atoms with E-state index in [4.69, 9.17) is 4.74 Å². The number of carboxylic acid groups (broad SMARTS) is 1. The molecule has 9 nitrogen and oxygen atoms in total. The van der Waals surface area contributed by atoms with Gasteiger partial charge in [-0.25, -0.2) is 4.98 Å². The van der Waals surface area contributed by atoms with Crippen molar-refractivity contribution in [2.45, 2.75) is 12.8 Å². The number of nitriles is 1. The number of aliphatic carboxylic acids is 1. The van der Waals surface area contributed by atoms with E-state index in [1.54, 1.807) is 24.3 Å². The smallest absolute Gasteiger partial charge is 0.311 e. The Morgan fingerprint density at radius 1 is 1.12 bits per heavy atom. The molecule has 1 aromatic heterocycles. The van der Waals surface area contributed by atoms with Gasteiger partial charge < -0.3 is 20.3 Å². The zero-order chi connectivity index (χ0) is 24.3. The van der Waals surface area contributed by atoms with Gasteiger partial charge in [0.25, 0.3) is 5.91 Å². The van der Waals surface area contributed by atoms with Crippen molar-refractivity contribution in [3.05, 3.63) is 59.9 Å². The third-order valence-corrected chi connectivity index (χ3v) is 7.23. The van der Waals surface area contributed by atoms with Crippen molar-refractivity contribution in [3.63, 3.8) is 0 Å². The summed E-state index contributed by atoms with van der Waals surface area (Å²) in [6.45, 7) is -0.205. The van der Waals surface area contributed by atoms with E-state index in [9.17, 15) is 29.3 Å². The average molecular weight is 480 g/mol. The van der Waals surface area contributed by atoms with Gasteiger partial charge in [-0.3, -0.25) is 13.8 Å². The number of rotatable bonds is 6. The molecule has 174 valence electrons. The lowest BCUT2D eigenvalue weighted by atomic mass is 9.82. The molecule has 1 saturated heterocycles. The predicted octanol–water partition coefficient (Wildman–Crippen LogP) is 2.95. The van der Waals surface area contributed by atoms with Gasteiger partial charge in [0.15, 0.2) is 11.4 Å². The first kappa shape index (κ1) is 23.2. The highest BCUT2D eigenvalue weighted by molar-refractivity contribution is 7.85. The molecule has 1 aliphatic rings. The summed E-state index contributed by atoms with van der Waals surface area (Å²) in [5.41, 5.74) is -1.70. The van der Waals surface area contributed by atoms with Gasteiger partial charge in [0.05, 0.1) is 5.41 Å². The van der Waals surface area contributed by atoms with Crippen molar-refractivity contribution in [2.75, 3.05) is 18.1 Å². The molecule has 0 radical (unpaired) electrons. The summed E-state index contributed by atoms with van der Waals surface area (Å²) in [6.07, 6.45) is 0.333. The first-order valence-electron chi connectivity index (χ1n) is 10.5. The number of aromatic nitrogens is 1. The van der Waals surface area contributed by atoms with Crippen LogP contribution in [0.3, 0.4) is 0 Å². The Bertz CT molecular complexity index is 1330. The highest BCUT2D eigenvalue weighted by atomic mass is 32.2. The summed E-state index contributed by atoms with van der Waals surface area (Å²) in [4.78, 5) is 28.7. The highest BCUT2D eigenvalue weighted by Crippen LogP contribution is 2.34. The van der Waals surface area contributed by atoms with Crippen LogP contribution in [0.1, 0.15) is 29.0 Å². The molecule has 1 amide bonds. The number of para-hydroxylation sites is 1. The summed E-state index contributed by atoms with van der Waals surface area (Å²) in [6, 6.07) is 15.6. The quantitative estimate of drug-likeness (QED) is 0.488. The molecule has 2 heterocycles. The van der Waals surface area contributed by atoms with Crippen molar-refractivity contribution >= 4 is 33.4 Å². The van der Waals surface area contributed by atoms with Crippen LogP contribution in [-0.4, -0.2) is 49.3 Å². The maximum atomic E-state index is 12.8. The Balaban J connectivity index is 1.61. The van der Waals surface area contributed by atoms with Gasteiger partial charge in [0, 0.05) is 39.6 Å². The third-order valence-electron chi connectivity index (χ3n) is 5.91. The first-order chi connectivity index (χ1) is 16.3. The van der Waals surface area contributed by atoms with Gasteiger partial charge in [-0.15, -0.1) is 0 Å².